The van der Waals surface area contributed by atoms with Crippen molar-refractivity contribution in [2.75, 3.05) is 0 Å². The predicted molar refractivity (Wildman–Crippen MR) is 71.0 cm³/mol. The number of hydrogen-bond donors (Lipinski definition) is 1. The van der Waals surface area contributed by atoms with Gasteiger partial charge in [-0.3, -0.25) is 0 Å². The minimum absolute atomic E-state index is 0.0946. The molecule has 0 aliphatic carbocycles. The van der Waals surface area contributed by atoms with Crippen LogP contribution in [0.2, 0.25) is 5.02 Å². The number of rotatable bonds is 4. The van der Waals surface area contributed by atoms with Crippen molar-refractivity contribution in [3.05, 3.63) is 57.2 Å². The summed E-state index contributed by atoms with van der Waals surface area (Å²) >= 11 is 7.57. The Morgan fingerprint density at radius 1 is 1.19 bits per heavy atom. The lowest BCUT2D eigenvalue weighted by atomic mass is 10.0. The van der Waals surface area contributed by atoms with Crippen LogP contribution in [0.25, 0.3) is 0 Å². The van der Waals surface area contributed by atoms with E-state index in [9.17, 15) is 0 Å². The van der Waals surface area contributed by atoms with Gasteiger partial charge in [-0.2, -0.15) is 11.3 Å². The fraction of sp³-hybridized carbons (Fsp3) is 0.231. The van der Waals surface area contributed by atoms with Crippen molar-refractivity contribution in [3.63, 3.8) is 0 Å². The van der Waals surface area contributed by atoms with Crippen LogP contribution in [-0.4, -0.2) is 0 Å². The zero-order valence-corrected chi connectivity index (χ0v) is 10.5. The summed E-state index contributed by atoms with van der Waals surface area (Å²) in [6.07, 6.45) is 2.01. The Morgan fingerprint density at radius 2 is 1.94 bits per heavy atom. The maximum Gasteiger partial charge on any atom is 0.0406 e. The molecule has 84 valence electrons. The summed E-state index contributed by atoms with van der Waals surface area (Å²) in [4.78, 5) is 0. The van der Waals surface area contributed by atoms with E-state index >= 15 is 0 Å². The van der Waals surface area contributed by atoms with E-state index < -0.39 is 0 Å². The molecule has 16 heavy (non-hydrogen) atoms. The van der Waals surface area contributed by atoms with Gasteiger partial charge in [0.25, 0.3) is 0 Å². The SMILES string of the molecule is NC(CCc1ccsc1)c1ccc(Cl)cc1. The molecule has 0 aliphatic heterocycles. The summed E-state index contributed by atoms with van der Waals surface area (Å²) in [7, 11) is 0. The lowest BCUT2D eigenvalue weighted by Gasteiger charge is -2.11. The highest BCUT2D eigenvalue weighted by Crippen LogP contribution is 2.19. The number of halogens is 1. The summed E-state index contributed by atoms with van der Waals surface area (Å²) < 4.78 is 0. The Labute approximate surface area is 105 Å². The van der Waals surface area contributed by atoms with E-state index in [2.05, 4.69) is 16.8 Å². The van der Waals surface area contributed by atoms with Crippen LogP contribution in [0.4, 0.5) is 0 Å². The summed E-state index contributed by atoms with van der Waals surface area (Å²) in [6, 6.07) is 10.0. The molecule has 1 atom stereocenters. The second kappa shape index (κ2) is 5.48. The monoisotopic (exact) mass is 251 g/mol. The third-order valence-electron chi connectivity index (χ3n) is 2.62. The second-order valence-electron chi connectivity index (χ2n) is 3.83. The van der Waals surface area contributed by atoms with Crippen LogP contribution in [0.3, 0.4) is 0 Å². The van der Waals surface area contributed by atoms with Crippen LogP contribution in [-0.2, 0) is 6.42 Å². The highest BCUT2D eigenvalue weighted by molar-refractivity contribution is 7.07. The molecule has 1 nitrogen and oxygen atoms in total. The Morgan fingerprint density at radius 3 is 2.56 bits per heavy atom. The molecule has 2 N–H and O–H groups in total. The van der Waals surface area contributed by atoms with Crippen LogP contribution >= 0.6 is 22.9 Å². The average molecular weight is 252 g/mol. The van der Waals surface area contributed by atoms with Crippen molar-refractivity contribution >= 4 is 22.9 Å². The van der Waals surface area contributed by atoms with Gasteiger partial charge in [-0.05, 0) is 52.9 Å². The average Bonchev–Trinajstić information content (AvgIpc) is 2.80. The Hall–Kier alpha value is -0.830. The lowest BCUT2D eigenvalue weighted by molar-refractivity contribution is 0.652. The van der Waals surface area contributed by atoms with Crippen LogP contribution in [0.1, 0.15) is 23.6 Å². The molecule has 0 amide bonds. The normalized spacial score (nSPS) is 12.6. The highest BCUT2D eigenvalue weighted by Gasteiger charge is 2.06. The van der Waals surface area contributed by atoms with Gasteiger partial charge in [-0.1, -0.05) is 23.7 Å². The van der Waals surface area contributed by atoms with Crippen LogP contribution in [0.15, 0.2) is 41.1 Å². The van der Waals surface area contributed by atoms with Crippen LogP contribution < -0.4 is 5.73 Å². The molecule has 0 radical (unpaired) electrons. The van der Waals surface area contributed by atoms with E-state index in [1.54, 1.807) is 11.3 Å². The van der Waals surface area contributed by atoms with E-state index in [0.717, 1.165) is 23.4 Å². The number of hydrogen-bond acceptors (Lipinski definition) is 2. The fourth-order valence-electron chi connectivity index (χ4n) is 1.63. The molecule has 0 saturated carbocycles. The van der Waals surface area contributed by atoms with Gasteiger partial charge in [-0.25, -0.2) is 0 Å². The molecule has 1 heterocycles. The second-order valence-corrected chi connectivity index (χ2v) is 5.04. The number of benzene rings is 1. The smallest absolute Gasteiger partial charge is 0.0406 e. The van der Waals surface area contributed by atoms with Gasteiger partial charge in [0, 0.05) is 11.1 Å². The van der Waals surface area contributed by atoms with Gasteiger partial charge < -0.3 is 5.73 Å². The first-order chi connectivity index (χ1) is 7.75. The van der Waals surface area contributed by atoms with E-state index in [1.165, 1.54) is 5.56 Å². The fourth-order valence-corrected chi connectivity index (χ4v) is 2.46. The van der Waals surface area contributed by atoms with Crippen molar-refractivity contribution in [2.24, 2.45) is 5.73 Å². The summed E-state index contributed by atoms with van der Waals surface area (Å²) in [5.74, 6) is 0. The molecule has 0 bridgehead atoms. The van der Waals surface area contributed by atoms with Gasteiger partial charge in [0.15, 0.2) is 0 Å². The van der Waals surface area contributed by atoms with Crippen molar-refractivity contribution in [3.8, 4) is 0 Å². The molecule has 2 rings (SSSR count). The van der Waals surface area contributed by atoms with Crippen molar-refractivity contribution < 1.29 is 0 Å². The molecule has 0 saturated heterocycles. The van der Waals surface area contributed by atoms with Gasteiger partial charge in [-0.15, -0.1) is 0 Å². The van der Waals surface area contributed by atoms with E-state index in [0.29, 0.717) is 0 Å². The third kappa shape index (κ3) is 3.08. The van der Waals surface area contributed by atoms with Gasteiger partial charge in [0.1, 0.15) is 0 Å². The molecule has 0 fully saturated rings. The zero-order valence-electron chi connectivity index (χ0n) is 8.90. The van der Waals surface area contributed by atoms with E-state index in [4.69, 9.17) is 17.3 Å². The molecule has 0 spiro atoms. The first-order valence-electron chi connectivity index (χ1n) is 5.28. The summed E-state index contributed by atoms with van der Waals surface area (Å²) in [6.45, 7) is 0. The van der Waals surface area contributed by atoms with Crippen LogP contribution in [0.5, 0.6) is 0 Å². The van der Waals surface area contributed by atoms with Gasteiger partial charge in [0.05, 0.1) is 0 Å². The first-order valence-corrected chi connectivity index (χ1v) is 6.60. The largest absolute Gasteiger partial charge is 0.324 e. The van der Waals surface area contributed by atoms with Gasteiger partial charge in [0.2, 0.25) is 0 Å². The Balaban J connectivity index is 1.93. The zero-order chi connectivity index (χ0) is 11.4. The van der Waals surface area contributed by atoms with E-state index in [-0.39, 0.29) is 6.04 Å². The van der Waals surface area contributed by atoms with Crippen molar-refractivity contribution in [1.29, 1.82) is 0 Å². The number of thiophene rings is 1. The number of aryl methyl sites for hydroxylation is 1. The number of nitrogens with two attached hydrogens (primary N) is 1. The molecule has 1 aromatic heterocycles. The van der Waals surface area contributed by atoms with E-state index in [1.807, 2.05) is 24.3 Å². The first kappa shape index (κ1) is 11.6. The van der Waals surface area contributed by atoms with Crippen molar-refractivity contribution in [2.45, 2.75) is 18.9 Å². The molecular formula is C13H14ClNS. The molecule has 0 aliphatic rings. The molecule has 2 aromatic rings. The maximum atomic E-state index is 6.12. The Kier molecular flexibility index (Phi) is 3.99. The summed E-state index contributed by atoms with van der Waals surface area (Å²) in [5.41, 5.74) is 8.64. The maximum absolute atomic E-state index is 6.12. The third-order valence-corrected chi connectivity index (χ3v) is 3.61. The minimum atomic E-state index is 0.0946. The lowest BCUT2D eigenvalue weighted by Crippen LogP contribution is -2.10. The quantitative estimate of drug-likeness (QED) is 0.872. The molecule has 3 heteroatoms. The predicted octanol–water partition coefficient (Wildman–Crippen LogP) is 4.03. The van der Waals surface area contributed by atoms with Crippen molar-refractivity contribution in [1.82, 2.24) is 0 Å². The standard InChI is InChI=1S/C13H14ClNS/c14-12-4-2-11(3-5-12)13(15)6-1-10-7-8-16-9-10/h2-5,7-9,13H,1,6,15H2. The molecule has 1 unspecified atom stereocenters. The highest BCUT2D eigenvalue weighted by atomic mass is 35.5. The van der Waals surface area contributed by atoms with Gasteiger partial charge >= 0.3 is 0 Å². The minimum Gasteiger partial charge on any atom is -0.324 e. The topological polar surface area (TPSA) is 26.0 Å². The Bertz CT molecular complexity index is 422. The summed E-state index contributed by atoms with van der Waals surface area (Å²) in [5, 5.41) is 5.03. The molecule has 1 aromatic carbocycles. The molecular weight excluding hydrogens is 238 g/mol. The van der Waals surface area contributed by atoms with Crippen LogP contribution in [0, 0.1) is 0 Å².